The van der Waals surface area contributed by atoms with E-state index in [1.807, 2.05) is 29.2 Å². The molecule has 2 aromatic rings. The summed E-state index contributed by atoms with van der Waals surface area (Å²) in [5.41, 5.74) is 0. The van der Waals surface area contributed by atoms with Crippen LogP contribution in [-0.4, -0.2) is 80.8 Å². The van der Waals surface area contributed by atoms with E-state index in [1.165, 1.54) is 5.39 Å². The number of rotatable bonds is 5. The van der Waals surface area contributed by atoms with Crippen molar-refractivity contribution in [2.24, 2.45) is 4.99 Å². The average molecular weight is 538 g/mol. The number of ether oxygens (including phenoxy) is 2. The van der Waals surface area contributed by atoms with Gasteiger partial charge in [-0.05, 0) is 24.3 Å². The number of amides is 1. The molecule has 8 heteroatoms. The van der Waals surface area contributed by atoms with Gasteiger partial charge in [0.05, 0.1) is 6.54 Å². The highest BCUT2D eigenvalue weighted by Crippen LogP contribution is 2.24. The maximum absolute atomic E-state index is 12.5. The first-order chi connectivity index (χ1) is 14.8. The van der Waals surface area contributed by atoms with E-state index in [4.69, 9.17) is 9.47 Å². The Morgan fingerprint density at radius 2 is 1.87 bits per heavy atom. The number of hydrogen-bond acceptors (Lipinski definition) is 4. The Bertz CT molecular complexity index is 888. The normalized spacial score (nSPS) is 19.3. The summed E-state index contributed by atoms with van der Waals surface area (Å²) in [5, 5.41) is 5.68. The van der Waals surface area contributed by atoms with Gasteiger partial charge >= 0.3 is 0 Å². The van der Waals surface area contributed by atoms with E-state index < -0.39 is 0 Å². The molecule has 0 radical (unpaired) electrons. The second kappa shape index (κ2) is 11.5. The zero-order valence-corrected chi connectivity index (χ0v) is 20.3. The predicted molar refractivity (Wildman–Crippen MR) is 133 cm³/mol. The molecule has 0 aliphatic carbocycles. The first-order valence-electron chi connectivity index (χ1n) is 10.7. The highest BCUT2D eigenvalue weighted by molar-refractivity contribution is 14.0. The molecule has 2 saturated heterocycles. The van der Waals surface area contributed by atoms with Crippen molar-refractivity contribution in [1.29, 1.82) is 0 Å². The third-order valence-electron chi connectivity index (χ3n) is 5.70. The minimum absolute atomic E-state index is 0. The van der Waals surface area contributed by atoms with Crippen LogP contribution in [0, 0.1) is 0 Å². The van der Waals surface area contributed by atoms with Crippen LogP contribution in [0.5, 0.6) is 5.75 Å². The first-order valence-corrected chi connectivity index (χ1v) is 10.7. The molecule has 2 aliphatic rings. The van der Waals surface area contributed by atoms with Crippen molar-refractivity contribution in [3.05, 3.63) is 42.5 Å². The third kappa shape index (κ3) is 5.79. The summed E-state index contributed by atoms with van der Waals surface area (Å²) in [5.74, 6) is 1.88. The second-order valence-corrected chi connectivity index (χ2v) is 7.61. The van der Waals surface area contributed by atoms with Crippen LogP contribution < -0.4 is 10.1 Å². The van der Waals surface area contributed by atoms with Gasteiger partial charge in [0.1, 0.15) is 18.5 Å². The van der Waals surface area contributed by atoms with E-state index in [0.29, 0.717) is 32.8 Å². The maximum atomic E-state index is 12.5. The predicted octanol–water partition coefficient (Wildman–Crippen LogP) is 2.74. The Hall–Kier alpha value is -2.07. The number of piperazine rings is 1. The van der Waals surface area contributed by atoms with Gasteiger partial charge in [-0.15, -0.1) is 24.0 Å². The van der Waals surface area contributed by atoms with Crippen molar-refractivity contribution in [3.8, 4) is 5.75 Å². The van der Waals surface area contributed by atoms with Crippen LogP contribution in [0.4, 0.5) is 0 Å². The molecular weight excluding hydrogens is 507 g/mol. The molecule has 31 heavy (non-hydrogen) atoms. The Balaban J connectivity index is 0.00000272. The fourth-order valence-electron chi connectivity index (χ4n) is 4.09. The minimum atomic E-state index is -0.236. The number of fused-ring (bicyclic) bond motifs is 1. The minimum Gasteiger partial charge on any atom is -0.491 e. The lowest BCUT2D eigenvalue weighted by molar-refractivity contribution is -0.142. The molecule has 7 nitrogen and oxygen atoms in total. The molecule has 1 N–H and O–H groups in total. The van der Waals surface area contributed by atoms with Crippen LogP contribution in [0.3, 0.4) is 0 Å². The Morgan fingerprint density at radius 3 is 2.61 bits per heavy atom. The highest BCUT2D eigenvalue weighted by Gasteiger charge is 2.30. The van der Waals surface area contributed by atoms with Crippen molar-refractivity contribution in [1.82, 2.24) is 15.1 Å². The van der Waals surface area contributed by atoms with Crippen LogP contribution in [0.25, 0.3) is 10.8 Å². The van der Waals surface area contributed by atoms with Gasteiger partial charge in [0.15, 0.2) is 5.96 Å². The molecule has 168 valence electrons. The molecule has 2 heterocycles. The number of nitrogens with zero attached hydrogens (tertiary/aromatic N) is 3. The van der Waals surface area contributed by atoms with Crippen molar-refractivity contribution in [2.75, 3.05) is 53.0 Å². The zero-order valence-electron chi connectivity index (χ0n) is 18.0. The van der Waals surface area contributed by atoms with Gasteiger partial charge in [0.2, 0.25) is 0 Å². The smallest absolute Gasteiger partial charge is 0.251 e. The van der Waals surface area contributed by atoms with Gasteiger partial charge < -0.3 is 24.6 Å². The molecule has 1 unspecified atom stereocenters. The highest BCUT2D eigenvalue weighted by atomic mass is 127. The van der Waals surface area contributed by atoms with Crippen molar-refractivity contribution in [3.63, 3.8) is 0 Å². The number of halogens is 1. The van der Waals surface area contributed by atoms with Crippen molar-refractivity contribution in [2.45, 2.75) is 18.9 Å². The van der Waals surface area contributed by atoms with Gasteiger partial charge in [-0.3, -0.25) is 9.79 Å². The molecule has 2 aliphatic heterocycles. The van der Waals surface area contributed by atoms with Gasteiger partial charge in [-0.25, -0.2) is 0 Å². The monoisotopic (exact) mass is 538 g/mol. The number of carbonyl (C=O) groups is 1. The molecule has 1 atom stereocenters. The maximum Gasteiger partial charge on any atom is 0.251 e. The summed E-state index contributed by atoms with van der Waals surface area (Å²) in [6.07, 6.45) is 1.59. The zero-order chi connectivity index (χ0) is 20.8. The third-order valence-corrected chi connectivity index (χ3v) is 5.70. The molecule has 0 saturated carbocycles. The Labute approximate surface area is 200 Å². The van der Waals surface area contributed by atoms with Crippen LogP contribution in [-0.2, 0) is 9.53 Å². The molecule has 2 fully saturated rings. The molecular formula is C23H31IN4O3. The Morgan fingerprint density at radius 1 is 1.13 bits per heavy atom. The van der Waals surface area contributed by atoms with Crippen LogP contribution >= 0.6 is 24.0 Å². The van der Waals surface area contributed by atoms with Crippen LogP contribution in [0.1, 0.15) is 12.8 Å². The summed E-state index contributed by atoms with van der Waals surface area (Å²) >= 11 is 0. The van der Waals surface area contributed by atoms with E-state index >= 15 is 0 Å². The molecule has 0 bridgehead atoms. The lowest BCUT2D eigenvalue weighted by Gasteiger charge is -2.37. The van der Waals surface area contributed by atoms with E-state index in [2.05, 4.69) is 33.4 Å². The van der Waals surface area contributed by atoms with E-state index in [9.17, 15) is 4.79 Å². The number of nitrogens with one attached hydrogen (secondary N) is 1. The lowest BCUT2D eigenvalue weighted by Crippen LogP contribution is -2.55. The number of benzene rings is 2. The van der Waals surface area contributed by atoms with Crippen molar-refractivity contribution >= 4 is 46.6 Å². The first kappa shape index (κ1) is 23.6. The van der Waals surface area contributed by atoms with Crippen LogP contribution in [0.15, 0.2) is 47.5 Å². The van der Waals surface area contributed by atoms with Gasteiger partial charge in [-0.1, -0.05) is 36.4 Å². The van der Waals surface area contributed by atoms with Gasteiger partial charge in [-0.2, -0.15) is 0 Å². The van der Waals surface area contributed by atoms with Gasteiger partial charge in [0, 0.05) is 45.2 Å². The topological polar surface area (TPSA) is 66.4 Å². The summed E-state index contributed by atoms with van der Waals surface area (Å²) in [6, 6.07) is 14.3. The quantitative estimate of drug-likeness (QED) is 0.275. The second-order valence-electron chi connectivity index (χ2n) is 7.61. The Kier molecular flexibility index (Phi) is 8.77. The summed E-state index contributed by atoms with van der Waals surface area (Å²) in [6.45, 7) is 4.84. The number of guanidine groups is 1. The van der Waals surface area contributed by atoms with Gasteiger partial charge in [0.25, 0.3) is 5.91 Å². The van der Waals surface area contributed by atoms with Crippen LogP contribution in [0.2, 0.25) is 0 Å². The standard InChI is InChI=1S/C23H30N4O3.HI/c1-24-23(27-14-12-26(13-15-27)22(28)21-10-5-16-29-21)25-11-17-30-20-9-4-7-18-6-2-3-8-19(18)20;/h2-4,6-9,21H,5,10-17H2,1H3,(H,24,25);1H. The lowest BCUT2D eigenvalue weighted by atomic mass is 10.1. The fraction of sp³-hybridized carbons (Fsp3) is 0.478. The molecule has 1 amide bonds. The largest absolute Gasteiger partial charge is 0.491 e. The fourth-order valence-corrected chi connectivity index (χ4v) is 4.09. The number of aliphatic imine (C=N–C) groups is 1. The molecule has 2 aromatic carbocycles. The molecule has 0 aromatic heterocycles. The van der Waals surface area contributed by atoms with E-state index in [1.54, 1.807) is 7.05 Å². The summed E-state index contributed by atoms with van der Waals surface area (Å²) in [4.78, 5) is 21.0. The molecule has 4 rings (SSSR count). The summed E-state index contributed by atoms with van der Waals surface area (Å²) < 4.78 is 11.5. The number of hydrogen-bond donors (Lipinski definition) is 1. The SMILES string of the molecule is CN=C(NCCOc1cccc2ccccc12)N1CCN(C(=O)C2CCCO2)CC1.I. The van der Waals surface area contributed by atoms with E-state index in [-0.39, 0.29) is 36.0 Å². The average Bonchev–Trinajstić information content (AvgIpc) is 3.34. The molecule has 0 spiro atoms. The summed E-state index contributed by atoms with van der Waals surface area (Å²) in [7, 11) is 1.79. The van der Waals surface area contributed by atoms with E-state index in [0.717, 1.165) is 43.0 Å². The number of carbonyl (C=O) groups excluding carboxylic acids is 1. The van der Waals surface area contributed by atoms with Crippen molar-refractivity contribution < 1.29 is 14.3 Å².